The molecule has 2 aliphatic heterocycles. The first-order chi connectivity index (χ1) is 13.5. The highest BCUT2D eigenvalue weighted by atomic mass is 16.3. The Morgan fingerprint density at radius 3 is 2.54 bits per heavy atom. The molecule has 0 unspecified atom stereocenters. The molecule has 4 heterocycles. The number of piperidine rings is 1. The van der Waals surface area contributed by atoms with E-state index in [-0.39, 0.29) is 11.7 Å². The number of aromatic hydroxyl groups is 1. The van der Waals surface area contributed by atoms with Gasteiger partial charge in [0.15, 0.2) is 5.65 Å². The summed E-state index contributed by atoms with van der Waals surface area (Å²) in [6.45, 7) is 5.63. The Labute approximate surface area is 162 Å². The Morgan fingerprint density at radius 2 is 1.89 bits per heavy atom. The molecule has 5 rings (SSSR count). The maximum atomic E-state index is 13.4. The molecule has 144 valence electrons. The molecule has 3 aromatic rings. The summed E-state index contributed by atoms with van der Waals surface area (Å²) in [4.78, 5) is 20.0. The van der Waals surface area contributed by atoms with Crippen LogP contribution in [-0.2, 0) is 0 Å². The van der Waals surface area contributed by atoms with E-state index in [0.717, 1.165) is 55.7 Å². The summed E-state index contributed by atoms with van der Waals surface area (Å²) in [5, 5.41) is 21.0. The molecule has 1 amide bonds. The normalized spacial score (nSPS) is 18.4. The summed E-state index contributed by atoms with van der Waals surface area (Å²) in [6, 6.07) is 8.69. The third kappa shape index (κ3) is 2.74. The second-order valence-electron chi connectivity index (χ2n) is 8.04. The van der Waals surface area contributed by atoms with Crippen molar-refractivity contribution >= 4 is 16.9 Å². The van der Waals surface area contributed by atoms with E-state index in [4.69, 9.17) is 0 Å². The lowest BCUT2D eigenvalue weighted by atomic mass is 9.73. The number of pyridine rings is 1. The van der Waals surface area contributed by atoms with Crippen molar-refractivity contribution in [3.8, 4) is 17.0 Å². The Balaban J connectivity index is 1.53. The minimum atomic E-state index is 0.0408. The van der Waals surface area contributed by atoms with Crippen molar-refractivity contribution in [2.45, 2.75) is 19.8 Å². The van der Waals surface area contributed by atoms with Gasteiger partial charge in [0.25, 0.3) is 5.91 Å². The molecule has 0 bridgehead atoms. The van der Waals surface area contributed by atoms with Crippen LogP contribution >= 0.6 is 0 Å². The van der Waals surface area contributed by atoms with Gasteiger partial charge in [0, 0.05) is 37.4 Å². The van der Waals surface area contributed by atoms with Gasteiger partial charge in [-0.05, 0) is 55.5 Å². The first kappa shape index (κ1) is 17.2. The number of hydrogen-bond donors (Lipinski definition) is 3. The van der Waals surface area contributed by atoms with E-state index in [1.807, 2.05) is 17.9 Å². The summed E-state index contributed by atoms with van der Waals surface area (Å²) in [6.07, 6.45) is 2.10. The van der Waals surface area contributed by atoms with E-state index in [2.05, 4.69) is 20.5 Å². The molecular formula is C21H23N5O2. The van der Waals surface area contributed by atoms with E-state index < -0.39 is 0 Å². The van der Waals surface area contributed by atoms with E-state index in [1.54, 1.807) is 24.3 Å². The van der Waals surface area contributed by atoms with E-state index in [9.17, 15) is 9.90 Å². The zero-order valence-corrected chi connectivity index (χ0v) is 15.8. The molecule has 28 heavy (non-hydrogen) atoms. The smallest absolute Gasteiger partial charge is 0.254 e. The predicted octanol–water partition coefficient (Wildman–Crippen LogP) is 2.46. The number of phenolic OH excluding ortho intramolecular Hbond substituents is 1. The number of phenols is 1. The number of amides is 1. The lowest BCUT2D eigenvalue weighted by Crippen LogP contribution is -2.58. The third-order valence-corrected chi connectivity index (χ3v) is 6.21. The van der Waals surface area contributed by atoms with Crippen molar-refractivity contribution in [1.82, 2.24) is 25.4 Å². The Morgan fingerprint density at radius 1 is 1.18 bits per heavy atom. The molecule has 2 fully saturated rings. The van der Waals surface area contributed by atoms with Gasteiger partial charge in [-0.3, -0.25) is 9.89 Å². The number of fused-ring (bicyclic) bond motifs is 1. The average molecular weight is 377 g/mol. The maximum absolute atomic E-state index is 13.4. The summed E-state index contributed by atoms with van der Waals surface area (Å²) in [5.41, 5.74) is 3.95. The zero-order chi connectivity index (χ0) is 19.3. The molecule has 7 heteroatoms. The largest absolute Gasteiger partial charge is 0.508 e. The first-order valence-corrected chi connectivity index (χ1v) is 9.70. The summed E-state index contributed by atoms with van der Waals surface area (Å²) in [5.74, 6) is 0.239. The number of aryl methyl sites for hydroxylation is 1. The van der Waals surface area contributed by atoms with Crippen LogP contribution in [0.4, 0.5) is 0 Å². The number of likely N-dealkylation sites (tertiary alicyclic amines) is 1. The second-order valence-corrected chi connectivity index (χ2v) is 8.04. The van der Waals surface area contributed by atoms with Gasteiger partial charge in [-0.25, -0.2) is 4.98 Å². The number of aromatic amines is 1. The molecular weight excluding hydrogens is 354 g/mol. The molecule has 0 saturated carbocycles. The van der Waals surface area contributed by atoms with Crippen molar-refractivity contribution < 1.29 is 9.90 Å². The number of hydrogen-bond acceptors (Lipinski definition) is 5. The lowest BCUT2D eigenvalue weighted by Gasteiger charge is -2.48. The molecule has 2 saturated heterocycles. The lowest BCUT2D eigenvalue weighted by molar-refractivity contribution is 0.0416. The highest BCUT2D eigenvalue weighted by Gasteiger charge is 2.40. The van der Waals surface area contributed by atoms with Crippen molar-refractivity contribution in [2.24, 2.45) is 5.41 Å². The number of aromatic nitrogens is 3. The van der Waals surface area contributed by atoms with Crippen molar-refractivity contribution in [1.29, 1.82) is 0 Å². The van der Waals surface area contributed by atoms with Crippen LogP contribution in [0.2, 0.25) is 0 Å². The van der Waals surface area contributed by atoms with Gasteiger partial charge < -0.3 is 15.3 Å². The predicted molar refractivity (Wildman–Crippen MR) is 106 cm³/mol. The molecule has 0 atom stereocenters. The van der Waals surface area contributed by atoms with Crippen LogP contribution in [0.15, 0.2) is 30.3 Å². The van der Waals surface area contributed by atoms with Gasteiger partial charge in [-0.1, -0.05) is 0 Å². The highest BCUT2D eigenvalue weighted by molar-refractivity contribution is 6.07. The van der Waals surface area contributed by atoms with Crippen LogP contribution in [0.3, 0.4) is 0 Å². The van der Waals surface area contributed by atoms with E-state index in [0.29, 0.717) is 22.3 Å². The van der Waals surface area contributed by atoms with Crippen molar-refractivity contribution in [2.75, 3.05) is 26.2 Å². The third-order valence-electron chi connectivity index (χ3n) is 6.21. The molecule has 2 aliphatic rings. The molecule has 3 N–H and O–H groups in total. The second kappa shape index (κ2) is 6.31. The molecule has 0 radical (unpaired) electrons. The van der Waals surface area contributed by atoms with Crippen molar-refractivity contribution in [3.63, 3.8) is 0 Å². The summed E-state index contributed by atoms with van der Waals surface area (Å²) >= 11 is 0. The molecule has 1 spiro atoms. The first-order valence-electron chi connectivity index (χ1n) is 9.70. The molecule has 2 aromatic heterocycles. The fourth-order valence-corrected chi connectivity index (χ4v) is 4.31. The van der Waals surface area contributed by atoms with Crippen LogP contribution in [0.1, 0.15) is 28.9 Å². The Kier molecular flexibility index (Phi) is 3.87. The average Bonchev–Trinajstić information content (AvgIpc) is 3.07. The maximum Gasteiger partial charge on any atom is 0.254 e. The summed E-state index contributed by atoms with van der Waals surface area (Å²) in [7, 11) is 0. The quantitative estimate of drug-likeness (QED) is 0.638. The molecule has 1 aromatic carbocycles. The minimum Gasteiger partial charge on any atom is -0.508 e. The number of H-pyrrole nitrogens is 1. The minimum absolute atomic E-state index is 0.0408. The topological polar surface area (TPSA) is 94.1 Å². The number of rotatable bonds is 2. The number of carbonyl (C=O) groups is 1. The van der Waals surface area contributed by atoms with E-state index in [1.165, 1.54) is 0 Å². The van der Waals surface area contributed by atoms with Gasteiger partial charge in [-0.15, -0.1) is 0 Å². The molecule has 0 aliphatic carbocycles. The van der Waals surface area contributed by atoms with E-state index >= 15 is 0 Å². The number of benzene rings is 1. The van der Waals surface area contributed by atoms with Gasteiger partial charge >= 0.3 is 0 Å². The van der Waals surface area contributed by atoms with Crippen LogP contribution in [0.25, 0.3) is 22.3 Å². The van der Waals surface area contributed by atoms with Gasteiger partial charge in [0.1, 0.15) is 5.75 Å². The highest BCUT2D eigenvalue weighted by Crippen LogP contribution is 2.36. The van der Waals surface area contributed by atoms with Gasteiger partial charge in [0.05, 0.1) is 16.6 Å². The van der Waals surface area contributed by atoms with Crippen LogP contribution in [-0.4, -0.2) is 57.3 Å². The number of carbonyl (C=O) groups excluding carboxylic acids is 1. The van der Waals surface area contributed by atoms with Crippen molar-refractivity contribution in [3.05, 3.63) is 41.6 Å². The van der Waals surface area contributed by atoms with Gasteiger partial charge in [0.2, 0.25) is 0 Å². The Bertz CT molecular complexity index is 1040. The standard InChI is InChI=1S/C21H23N5O2/c1-13-18-16(20(28)26-8-6-21(7-9-26)11-22-12-21)10-17(23-19(18)25-24-13)14-2-4-15(27)5-3-14/h2-5,10,22,27H,6-9,11-12H2,1H3,(H,23,24,25). The fourth-order valence-electron chi connectivity index (χ4n) is 4.31. The monoisotopic (exact) mass is 377 g/mol. The zero-order valence-electron chi connectivity index (χ0n) is 15.8. The number of nitrogens with one attached hydrogen (secondary N) is 2. The fraction of sp³-hybridized carbons (Fsp3) is 0.381. The Hall–Kier alpha value is -2.93. The van der Waals surface area contributed by atoms with Crippen LogP contribution in [0, 0.1) is 12.3 Å². The van der Waals surface area contributed by atoms with Crippen LogP contribution in [0.5, 0.6) is 5.75 Å². The summed E-state index contributed by atoms with van der Waals surface area (Å²) < 4.78 is 0. The van der Waals surface area contributed by atoms with Gasteiger partial charge in [-0.2, -0.15) is 5.10 Å². The number of nitrogens with zero attached hydrogens (tertiary/aromatic N) is 3. The SMILES string of the molecule is Cc1[nH]nc2nc(-c3ccc(O)cc3)cc(C(=O)N3CCC4(CC3)CNC4)c12. The molecule has 7 nitrogen and oxygen atoms in total. The van der Waals surface area contributed by atoms with Crippen LogP contribution < -0.4 is 5.32 Å².